The maximum atomic E-state index is 12.2. The fraction of sp³-hybridized carbons (Fsp3) is 0.471. The third-order valence-corrected chi connectivity index (χ3v) is 5.05. The molecule has 1 heterocycles. The Kier molecular flexibility index (Phi) is 4.99. The lowest BCUT2D eigenvalue weighted by atomic mass is 9.81. The van der Waals surface area contributed by atoms with Crippen LogP contribution in [-0.2, 0) is 4.79 Å². The van der Waals surface area contributed by atoms with Gasteiger partial charge in [0.05, 0.1) is 0 Å². The van der Waals surface area contributed by atoms with E-state index in [9.17, 15) is 4.79 Å². The van der Waals surface area contributed by atoms with Crippen molar-refractivity contribution >= 4 is 39.4 Å². The van der Waals surface area contributed by atoms with Crippen LogP contribution in [-0.4, -0.2) is 42.5 Å². The van der Waals surface area contributed by atoms with Crippen LogP contribution in [0.3, 0.4) is 0 Å². The second kappa shape index (κ2) is 7.03. The molecular weight excluding hydrogens is 384 g/mol. The standard InChI is InChI=1S/C17H23BrN6O/c1-24(2)14(25)11-6-8-17(9-7-11)22-15(19)21-16(23-17)20-13-5-3-4-12(18)10-13/h3-5,10-11H,6-9H2,1-2H3,(H4,19,20,21,22,23). The number of nitrogens with zero attached hydrogens (tertiary/aromatic N) is 3. The zero-order valence-electron chi connectivity index (χ0n) is 14.4. The van der Waals surface area contributed by atoms with Gasteiger partial charge in [0, 0.05) is 30.2 Å². The zero-order chi connectivity index (χ0) is 18.0. The van der Waals surface area contributed by atoms with Gasteiger partial charge in [0.2, 0.25) is 11.9 Å². The Labute approximate surface area is 155 Å². The van der Waals surface area contributed by atoms with Crippen LogP contribution < -0.4 is 16.4 Å². The number of guanidine groups is 2. The summed E-state index contributed by atoms with van der Waals surface area (Å²) >= 11 is 3.46. The van der Waals surface area contributed by atoms with E-state index < -0.39 is 5.66 Å². The Hall–Kier alpha value is -2.09. The highest BCUT2D eigenvalue weighted by molar-refractivity contribution is 9.10. The van der Waals surface area contributed by atoms with E-state index in [1.165, 1.54) is 0 Å². The first-order valence-electron chi connectivity index (χ1n) is 8.33. The molecule has 1 fully saturated rings. The van der Waals surface area contributed by atoms with Crippen LogP contribution in [0.1, 0.15) is 25.7 Å². The predicted molar refractivity (Wildman–Crippen MR) is 103 cm³/mol. The largest absolute Gasteiger partial charge is 0.370 e. The second-order valence-electron chi connectivity index (χ2n) is 6.71. The third kappa shape index (κ3) is 4.12. The van der Waals surface area contributed by atoms with Gasteiger partial charge >= 0.3 is 0 Å². The first-order chi connectivity index (χ1) is 11.9. The van der Waals surface area contributed by atoms with E-state index in [0.29, 0.717) is 24.8 Å². The average molecular weight is 407 g/mol. The molecular formula is C17H23BrN6O. The monoisotopic (exact) mass is 406 g/mol. The van der Waals surface area contributed by atoms with Gasteiger partial charge in [-0.3, -0.25) is 10.1 Å². The highest BCUT2D eigenvalue weighted by Crippen LogP contribution is 2.37. The van der Waals surface area contributed by atoms with Crippen LogP contribution in [0.4, 0.5) is 5.69 Å². The maximum absolute atomic E-state index is 12.2. The molecule has 8 heteroatoms. The minimum absolute atomic E-state index is 0.0450. The van der Waals surface area contributed by atoms with Crippen molar-refractivity contribution in [2.45, 2.75) is 31.3 Å². The van der Waals surface area contributed by atoms with Crippen LogP contribution in [0.2, 0.25) is 0 Å². The van der Waals surface area contributed by atoms with Crippen LogP contribution in [0.15, 0.2) is 38.7 Å². The molecule has 1 saturated carbocycles. The van der Waals surface area contributed by atoms with Crippen molar-refractivity contribution in [3.63, 3.8) is 0 Å². The van der Waals surface area contributed by atoms with Gasteiger partial charge in [-0.15, -0.1) is 0 Å². The SMILES string of the molecule is CN(C)C(=O)C1CCC2(CC1)N=C(N)NC(Nc1cccc(Br)c1)=N2. The summed E-state index contributed by atoms with van der Waals surface area (Å²) < 4.78 is 0.980. The number of rotatable bonds is 2. The summed E-state index contributed by atoms with van der Waals surface area (Å²) in [4.78, 5) is 23.1. The van der Waals surface area contributed by atoms with Gasteiger partial charge in [-0.2, -0.15) is 0 Å². The quantitative estimate of drug-likeness (QED) is 0.700. The number of amides is 1. The molecule has 25 heavy (non-hydrogen) atoms. The molecule has 0 bridgehead atoms. The van der Waals surface area contributed by atoms with Crippen molar-refractivity contribution in [3.05, 3.63) is 28.7 Å². The molecule has 7 nitrogen and oxygen atoms in total. The number of nitrogens with two attached hydrogens (primary N) is 1. The van der Waals surface area contributed by atoms with Gasteiger partial charge in [-0.05, 0) is 43.9 Å². The topological polar surface area (TPSA) is 95.1 Å². The summed E-state index contributed by atoms with van der Waals surface area (Å²) in [6, 6.07) is 7.82. The predicted octanol–water partition coefficient (Wildman–Crippen LogP) is 2.11. The molecule has 0 atom stereocenters. The molecule has 2 aliphatic rings. The number of hydrogen-bond donors (Lipinski definition) is 3. The van der Waals surface area contributed by atoms with E-state index >= 15 is 0 Å². The molecule has 1 amide bonds. The number of carbonyl (C=O) groups excluding carboxylic acids is 1. The molecule has 1 aliphatic heterocycles. The van der Waals surface area contributed by atoms with Crippen LogP contribution in [0.25, 0.3) is 0 Å². The molecule has 1 aromatic carbocycles. The molecule has 1 aromatic rings. The minimum Gasteiger partial charge on any atom is -0.370 e. The molecule has 0 aromatic heterocycles. The molecule has 1 spiro atoms. The van der Waals surface area contributed by atoms with E-state index in [1.807, 2.05) is 24.3 Å². The molecule has 0 unspecified atom stereocenters. The van der Waals surface area contributed by atoms with Gasteiger partial charge in [0.25, 0.3) is 0 Å². The van der Waals surface area contributed by atoms with Crippen LogP contribution >= 0.6 is 15.9 Å². The second-order valence-corrected chi connectivity index (χ2v) is 7.62. The van der Waals surface area contributed by atoms with Gasteiger partial charge in [0.15, 0.2) is 11.6 Å². The molecule has 1 aliphatic carbocycles. The lowest BCUT2D eigenvalue weighted by Gasteiger charge is -2.37. The van der Waals surface area contributed by atoms with Crippen molar-refractivity contribution < 1.29 is 4.79 Å². The Balaban J connectivity index is 1.74. The number of carbonyl (C=O) groups is 1. The molecule has 0 saturated heterocycles. The maximum Gasteiger partial charge on any atom is 0.225 e. The van der Waals surface area contributed by atoms with E-state index in [4.69, 9.17) is 10.7 Å². The summed E-state index contributed by atoms with van der Waals surface area (Å²) in [5.74, 6) is 1.16. The van der Waals surface area contributed by atoms with Gasteiger partial charge in [-0.1, -0.05) is 22.0 Å². The van der Waals surface area contributed by atoms with Crippen molar-refractivity contribution in [1.29, 1.82) is 0 Å². The normalized spacial score (nSPS) is 25.6. The lowest BCUT2D eigenvalue weighted by Crippen LogP contribution is -2.50. The summed E-state index contributed by atoms with van der Waals surface area (Å²) in [6.45, 7) is 0. The number of anilines is 1. The fourth-order valence-corrected chi connectivity index (χ4v) is 3.71. The number of nitrogens with one attached hydrogen (secondary N) is 2. The Morgan fingerprint density at radius 1 is 1.36 bits per heavy atom. The summed E-state index contributed by atoms with van der Waals surface area (Å²) in [6.07, 6.45) is 2.95. The summed E-state index contributed by atoms with van der Waals surface area (Å²) in [5.41, 5.74) is 6.32. The summed E-state index contributed by atoms with van der Waals surface area (Å²) in [5, 5.41) is 6.23. The highest BCUT2D eigenvalue weighted by atomic mass is 79.9. The van der Waals surface area contributed by atoms with E-state index in [-0.39, 0.29) is 11.8 Å². The van der Waals surface area contributed by atoms with E-state index in [2.05, 4.69) is 31.6 Å². The van der Waals surface area contributed by atoms with Gasteiger partial charge in [0.1, 0.15) is 0 Å². The van der Waals surface area contributed by atoms with Crippen LogP contribution in [0, 0.1) is 5.92 Å². The lowest BCUT2D eigenvalue weighted by molar-refractivity contribution is -0.134. The number of aliphatic imine (C=N–C) groups is 2. The Bertz CT molecular complexity index is 722. The number of benzene rings is 1. The Morgan fingerprint density at radius 3 is 2.72 bits per heavy atom. The fourth-order valence-electron chi connectivity index (χ4n) is 3.31. The van der Waals surface area contributed by atoms with E-state index in [0.717, 1.165) is 23.0 Å². The third-order valence-electron chi connectivity index (χ3n) is 4.56. The Morgan fingerprint density at radius 2 is 2.08 bits per heavy atom. The van der Waals surface area contributed by atoms with Crippen molar-refractivity contribution in [2.75, 3.05) is 19.4 Å². The first kappa shape index (κ1) is 17.7. The van der Waals surface area contributed by atoms with Crippen molar-refractivity contribution in [2.24, 2.45) is 21.6 Å². The zero-order valence-corrected chi connectivity index (χ0v) is 16.0. The van der Waals surface area contributed by atoms with Gasteiger partial charge in [-0.25, -0.2) is 9.98 Å². The van der Waals surface area contributed by atoms with Crippen molar-refractivity contribution in [1.82, 2.24) is 10.2 Å². The van der Waals surface area contributed by atoms with Crippen molar-refractivity contribution in [3.8, 4) is 0 Å². The highest BCUT2D eigenvalue weighted by Gasteiger charge is 2.39. The average Bonchev–Trinajstić information content (AvgIpc) is 2.54. The van der Waals surface area contributed by atoms with Crippen LogP contribution in [0.5, 0.6) is 0 Å². The summed E-state index contributed by atoms with van der Waals surface area (Å²) in [7, 11) is 3.59. The van der Waals surface area contributed by atoms with Gasteiger partial charge < -0.3 is 16.0 Å². The molecule has 3 rings (SSSR count). The number of hydrogen-bond acceptors (Lipinski definition) is 6. The smallest absolute Gasteiger partial charge is 0.225 e. The minimum atomic E-state index is -0.577. The van der Waals surface area contributed by atoms with E-state index in [1.54, 1.807) is 19.0 Å². The first-order valence-corrected chi connectivity index (χ1v) is 9.12. The number of halogens is 1. The molecule has 4 N–H and O–H groups in total. The molecule has 0 radical (unpaired) electrons. The molecule has 134 valence electrons.